The van der Waals surface area contributed by atoms with E-state index in [1.54, 1.807) is 0 Å². The third kappa shape index (κ3) is 2.79. The van der Waals surface area contributed by atoms with Crippen molar-refractivity contribution in [1.29, 1.82) is 0 Å². The molecule has 2 unspecified atom stereocenters. The summed E-state index contributed by atoms with van der Waals surface area (Å²) >= 11 is 0. The maximum Gasteiger partial charge on any atom is 0.337 e. The fourth-order valence-electron chi connectivity index (χ4n) is 1.34. The zero-order valence-electron chi connectivity index (χ0n) is 9.73. The van der Waals surface area contributed by atoms with Crippen LogP contribution < -0.4 is 0 Å². The summed E-state index contributed by atoms with van der Waals surface area (Å²) in [6.07, 6.45) is -3.39. The minimum Gasteiger partial charge on any atom is -0.467 e. The average Bonchev–Trinajstić information content (AvgIpc) is 2.35. The topological polar surface area (TPSA) is 123 Å². The molecule has 0 aliphatic rings. The summed E-state index contributed by atoms with van der Waals surface area (Å²) in [5.41, 5.74) is -0.178. The first-order chi connectivity index (χ1) is 8.38. The number of aliphatic hydroxyl groups is 2. The smallest absolute Gasteiger partial charge is 0.337 e. The minimum absolute atomic E-state index is 0.0454. The second kappa shape index (κ2) is 5.52. The number of aromatic nitrogens is 1. The maximum atomic E-state index is 11.0. The number of esters is 1. The van der Waals surface area contributed by atoms with E-state index in [0.29, 0.717) is 0 Å². The Labute approximate surface area is 102 Å². The highest BCUT2D eigenvalue weighted by atomic mass is 16.6. The SMILES string of the molecule is COC(=O)C(O)C(O)c1ccc([N+](=O)[O-])c(C)n1. The maximum absolute atomic E-state index is 11.0. The van der Waals surface area contributed by atoms with Crippen LogP contribution in [0.3, 0.4) is 0 Å². The molecule has 0 radical (unpaired) electrons. The summed E-state index contributed by atoms with van der Waals surface area (Å²) in [4.78, 5) is 24.7. The molecule has 0 amide bonds. The molecular weight excluding hydrogens is 244 g/mol. The predicted octanol–water partition coefficient (Wildman–Crippen LogP) is -0.134. The van der Waals surface area contributed by atoms with Crippen molar-refractivity contribution in [3.05, 3.63) is 33.6 Å². The highest BCUT2D eigenvalue weighted by Crippen LogP contribution is 2.21. The van der Waals surface area contributed by atoms with Crippen molar-refractivity contribution in [3.63, 3.8) is 0 Å². The van der Waals surface area contributed by atoms with Gasteiger partial charge in [0.25, 0.3) is 5.69 Å². The Balaban J connectivity index is 3.01. The van der Waals surface area contributed by atoms with E-state index in [9.17, 15) is 25.1 Å². The Bertz CT molecular complexity index is 475. The van der Waals surface area contributed by atoms with Crippen molar-refractivity contribution in [2.75, 3.05) is 7.11 Å². The molecular formula is C10H12N2O6. The fraction of sp³-hybridized carbons (Fsp3) is 0.400. The van der Waals surface area contributed by atoms with Crippen LogP contribution in [0.4, 0.5) is 5.69 Å². The molecule has 2 atom stereocenters. The van der Waals surface area contributed by atoms with Gasteiger partial charge in [-0.1, -0.05) is 0 Å². The third-order valence-electron chi connectivity index (χ3n) is 2.32. The number of carbonyl (C=O) groups is 1. The van der Waals surface area contributed by atoms with Gasteiger partial charge < -0.3 is 14.9 Å². The molecule has 8 heteroatoms. The molecule has 0 spiro atoms. The fourth-order valence-corrected chi connectivity index (χ4v) is 1.34. The molecule has 0 fully saturated rings. The zero-order valence-corrected chi connectivity index (χ0v) is 9.73. The number of methoxy groups -OCH3 is 1. The first-order valence-electron chi connectivity index (χ1n) is 4.94. The minimum atomic E-state index is -1.79. The van der Waals surface area contributed by atoms with E-state index in [-0.39, 0.29) is 17.1 Å². The largest absolute Gasteiger partial charge is 0.467 e. The lowest BCUT2D eigenvalue weighted by molar-refractivity contribution is -0.385. The van der Waals surface area contributed by atoms with E-state index in [2.05, 4.69) is 9.72 Å². The monoisotopic (exact) mass is 256 g/mol. The van der Waals surface area contributed by atoms with Crippen molar-refractivity contribution < 1.29 is 24.7 Å². The lowest BCUT2D eigenvalue weighted by Gasteiger charge is -2.15. The molecule has 0 saturated heterocycles. The normalized spacial score (nSPS) is 13.8. The summed E-state index contributed by atoms with van der Waals surface area (Å²) in [5.74, 6) is -1.01. The van der Waals surface area contributed by atoms with Gasteiger partial charge in [-0.15, -0.1) is 0 Å². The molecule has 18 heavy (non-hydrogen) atoms. The molecule has 0 saturated carbocycles. The summed E-state index contributed by atoms with van der Waals surface area (Å²) in [6.45, 7) is 1.39. The van der Waals surface area contributed by atoms with Crippen LogP contribution in [0.15, 0.2) is 12.1 Å². The van der Waals surface area contributed by atoms with Gasteiger partial charge in [0.15, 0.2) is 6.10 Å². The Hall–Kier alpha value is -2.06. The second-order valence-corrected chi connectivity index (χ2v) is 3.51. The molecule has 0 bridgehead atoms. The number of rotatable bonds is 4. The van der Waals surface area contributed by atoms with Crippen molar-refractivity contribution in [1.82, 2.24) is 4.98 Å². The lowest BCUT2D eigenvalue weighted by atomic mass is 10.1. The summed E-state index contributed by atoms with van der Waals surface area (Å²) in [7, 11) is 1.06. The second-order valence-electron chi connectivity index (χ2n) is 3.51. The Morgan fingerprint density at radius 1 is 1.50 bits per heavy atom. The molecule has 1 heterocycles. The van der Waals surface area contributed by atoms with Crippen LogP contribution in [-0.4, -0.2) is 39.3 Å². The molecule has 0 aliphatic carbocycles. The van der Waals surface area contributed by atoms with Gasteiger partial charge in [-0.05, 0) is 13.0 Å². The first kappa shape index (κ1) is 14.0. The van der Waals surface area contributed by atoms with Gasteiger partial charge in [-0.25, -0.2) is 9.78 Å². The Morgan fingerprint density at radius 2 is 2.11 bits per heavy atom. The van der Waals surface area contributed by atoms with Crippen LogP contribution in [0.2, 0.25) is 0 Å². The van der Waals surface area contributed by atoms with Gasteiger partial charge >= 0.3 is 5.97 Å². The number of aliphatic hydroxyl groups excluding tert-OH is 2. The number of pyridine rings is 1. The number of nitrogens with zero attached hydrogens (tertiary/aromatic N) is 2. The van der Waals surface area contributed by atoms with Crippen LogP contribution in [0.1, 0.15) is 17.5 Å². The van der Waals surface area contributed by atoms with E-state index in [4.69, 9.17) is 0 Å². The molecule has 1 aromatic rings. The predicted molar refractivity (Wildman–Crippen MR) is 58.6 cm³/mol. The number of hydrogen-bond acceptors (Lipinski definition) is 7. The van der Waals surface area contributed by atoms with Crippen molar-refractivity contribution in [3.8, 4) is 0 Å². The van der Waals surface area contributed by atoms with Crippen LogP contribution in [-0.2, 0) is 9.53 Å². The van der Waals surface area contributed by atoms with Crippen molar-refractivity contribution in [2.24, 2.45) is 0 Å². The highest BCUT2D eigenvalue weighted by molar-refractivity contribution is 5.75. The van der Waals surface area contributed by atoms with Crippen LogP contribution in [0, 0.1) is 17.0 Å². The summed E-state index contributed by atoms with van der Waals surface area (Å²) in [5, 5.41) is 29.6. The summed E-state index contributed by atoms with van der Waals surface area (Å²) < 4.78 is 4.26. The van der Waals surface area contributed by atoms with Gasteiger partial charge in [-0.2, -0.15) is 0 Å². The number of hydrogen-bond donors (Lipinski definition) is 2. The number of ether oxygens (including phenoxy) is 1. The van der Waals surface area contributed by atoms with Gasteiger partial charge in [0.1, 0.15) is 11.8 Å². The van der Waals surface area contributed by atoms with Crippen molar-refractivity contribution >= 4 is 11.7 Å². The highest BCUT2D eigenvalue weighted by Gasteiger charge is 2.28. The van der Waals surface area contributed by atoms with E-state index < -0.39 is 23.1 Å². The molecule has 8 nitrogen and oxygen atoms in total. The van der Waals surface area contributed by atoms with Gasteiger partial charge in [-0.3, -0.25) is 10.1 Å². The Kier molecular flexibility index (Phi) is 4.29. The average molecular weight is 256 g/mol. The standard InChI is InChI=1S/C10H12N2O6/c1-5-7(12(16)17)4-3-6(11-5)8(13)9(14)10(15)18-2/h3-4,8-9,13-14H,1-2H3. The van der Waals surface area contributed by atoms with E-state index in [0.717, 1.165) is 13.2 Å². The Morgan fingerprint density at radius 3 is 2.56 bits per heavy atom. The summed E-state index contributed by atoms with van der Waals surface area (Å²) in [6, 6.07) is 2.31. The van der Waals surface area contributed by atoms with E-state index in [1.807, 2.05) is 0 Å². The van der Waals surface area contributed by atoms with E-state index >= 15 is 0 Å². The van der Waals surface area contributed by atoms with Crippen LogP contribution >= 0.6 is 0 Å². The number of carbonyl (C=O) groups excluding carboxylic acids is 1. The molecule has 0 aliphatic heterocycles. The van der Waals surface area contributed by atoms with Gasteiger partial charge in [0.2, 0.25) is 0 Å². The zero-order chi connectivity index (χ0) is 13.9. The molecule has 1 aromatic heterocycles. The quantitative estimate of drug-likeness (QED) is 0.436. The lowest BCUT2D eigenvalue weighted by Crippen LogP contribution is -2.29. The van der Waals surface area contributed by atoms with Gasteiger partial charge in [0.05, 0.1) is 17.7 Å². The van der Waals surface area contributed by atoms with Crippen LogP contribution in [0.25, 0.3) is 0 Å². The third-order valence-corrected chi connectivity index (χ3v) is 2.32. The molecule has 2 N–H and O–H groups in total. The molecule has 0 aromatic carbocycles. The van der Waals surface area contributed by atoms with Crippen LogP contribution in [0.5, 0.6) is 0 Å². The van der Waals surface area contributed by atoms with Crippen molar-refractivity contribution in [2.45, 2.75) is 19.1 Å². The first-order valence-corrected chi connectivity index (χ1v) is 4.94. The van der Waals surface area contributed by atoms with Gasteiger partial charge in [0, 0.05) is 6.07 Å². The number of aryl methyl sites for hydroxylation is 1. The molecule has 98 valence electrons. The number of nitro groups is 1. The molecule has 1 rings (SSSR count). The van der Waals surface area contributed by atoms with E-state index in [1.165, 1.54) is 13.0 Å².